The van der Waals surface area contributed by atoms with Gasteiger partial charge in [-0.25, -0.2) is 9.78 Å². The van der Waals surface area contributed by atoms with Gasteiger partial charge in [-0.05, 0) is 14.1 Å². The molecule has 6 heteroatoms. The van der Waals surface area contributed by atoms with E-state index in [0.29, 0.717) is 11.6 Å². The third kappa shape index (κ3) is 3.77. The summed E-state index contributed by atoms with van der Waals surface area (Å²) in [5.74, 6) is -1.02. The zero-order valence-electron chi connectivity index (χ0n) is 8.56. The van der Waals surface area contributed by atoms with E-state index in [4.69, 9.17) is 5.11 Å². The molecule has 0 bridgehead atoms. The standard InChI is InChI=1S/C9H12N2O3S/c1-11(2)4-6(12)3-8-10-7(5-15-8)9(13)14/h5H,3-4H2,1-2H3,(H,13,14). The minimum atomic E-state index is -1.06. The Labute approximate surface area is 91.4 Å². The molecule has 1 aromatic heterocycles. The third-order valence-electron chi connectivity index (χ3n) is 1.61. The lowest BCUT2D eigenvalue weighted by molar-refractivity contribution is -0.119. The molecule has 1 aromatic rings. The average molecular weight is 228 g/mol. The van der Waals surface area contributed by atoms with Gasteiger partial charge in [0.15, 0.2) is 11.5 Å². The van der Waals surface area contributed by atoms with Gasteiger partial charge in [0.25, 0.3) is 0 Å². The number of likely N-dealkylation sites (N-methyl/N-ethyl adjacent to an activating group) is 1. The van der Waals surface area contributed by atoms with E-state index in [2.05, 4.69) is 4.98 Å². The van der Waals surface area contributed by atoms with Gasteiger partial charge in [0.05, 0.1) is 13.0 Å². The van der Waals surface area contributed by atoms with Crippen molar-refractivity contribution in [2.45, 2.75) is 6.42 Å². The monoisotopic (exact) mass is 228 g/mol. The lowest BCUT2D eigenvalue weighted by Crippen LogP contribution is -2.22. The molecule has 0 atom stereocenters. The third-order valence-corrected chi connectivity index (χ3v) is 2.46. The SMILES string of the molecule is CN(C)CC(=O)Cc1nc(C(=O)O)cs1. The number of carbonyl (C=O) groups excluding carboxylic acids is 1. The van der Waals surface area contributed by atoms with Crippen LogP contribution in [-0.4, -0.2) is 47.4 Å². The van der Waals surface area contributed by atoms with Crippen LogP contribution >= 0.6 is 11.3 Å². The van der Waals surface area contributed by atoms with Crippen molar-refractivity contribution in [1.29, 1.82) is 0 Å². The van der Waals surface area contributed by atoms with E-state index in [1.54, 1.807) is 4.90 Å². The predicted octanol–water partition coefficient (Wildman–Crippen LogP) is 0.515. The van der Waals surface area contributed by atoms with Crippen molar-refractivity contribution in [2.75, 3.05) is 20.6 Å². The van der Waals surface area contributed by atoms with Gasteiger partial charge in [0.2, 0.25) is 0 Å². The van der Waals surface area contributed by atoms with Crippen LogP contribution in [0.15, 0.2) is 5.38 Å². The fourth-order valence-electron chi connectivity index (χ4n) is 1.07. The molecule has 0 fully saturated rings. The highest BCUT2D eigenvalue weighted by molar-refractivity contribution is 7.09. The molecule has 0 amide bonds. The molecule has 0 saturated heterocycles. The second kappa shape index (κ2) is 4.99. The number of rotatable bonds is 5. The van der Waals surface area contributed by atoms with Crippen LogP contribution in [0.5, 0.6) is 0 Å². The van der Waals surface area contributed by atoms with Crippen LogP contribution in [0.4, 0.5) is 0 Å². The van der Waals surface area contributed by atoms with Crippen molar-refractivity contribution >= 4 is 23.1 Å². The topological polar surface area (TPSA) is 70.5 Å². The van der Waals surface area contributed by atoms with Crippen LogP contribution in [0.3, 0.4) is 0 Å². The number of aromatic carboxylic acids is 1. The normalized spacial score (nSPS) is 10.6. The Morgan fingerprint density at radius 1 is 1.53 bits per heavy atom. The number of carbonyl (C=O) groups is 2. The first-order valence-electron chi connectivity index (χ1n) is 4.33. The summed E-state index contributed by atoms with van der Waals surface area (Å²) in [4.78, 5) is 27.5. The van der Waals surface area contributed by atoms with Crippen molar-refractivity contribution in [3.05, 3.63) is 16.1 Å². The number of ketones is 1. The number of carboxylic acids is 1. The summed E-state index contributed by atoms with van der Waals surface area (Å²) in [7, 11) is 3.62. The van der Waals surface area contributed by atoms with Crippen molar-refractivity contribution in [2.24, 2.45) is 0 Å². The predicted molar refractivity (Wildman–Crippen MR) is 56.3 cm³/mol. The van der Waals surface area contributed by atoms with E-state index in [-0.39, 0.29) is 17.9 Å². The van der Waals surface area contributed by atoms with Crippen molar-refractivity contribution in [1.82, 2.24) is 9.88 Å². The molecule has 0 spiro atoms. The Morgan fingerprint density at radius 2 is 2.20 bits per heavy atom. The molecular weight excluding hydrogens is 216 g/mol. The minimum Gasteiger partial charge on any atom is -0.476 e. The maximum atomic E-state index is 11.4. The van der Waals surface area contributed by atoms with Gasteiger partial charge in [-0.1, -0.05) is 0 Å². The van der Waals surface area contributed by atoms with E-state index in [0.717, 1.165) is 0 Å². The molecule has 0 aromatic carbocycles. The lowest BCUT2D eigenvalue weighted by Gasteiger charge is -2.06. The molecule has 1 N–H and O–H groups in total. The van der Waals surface area contributed by atoms with Gasteiger partial charge in [0.1, 0.15) is 5.01 Å². The molecule has 1 rings (SSSR count). The van der Waals surface area contributed by atoms with Gasteiger partial charge in [-0.3, -0.25) is 4.79 Å². The largest absolute Gasteiger partial charge is 0.476 e. The molecule has 1 heterocycles. The molecule has 0 saturated carbocycles. The smallest absolute Gasteiger partial charge is 0.355 e. The second-order valence-corrected chi connectivity index (χ2v) is 4.33. The van der Waals surface area contributed by atoms with Crippen molar-refractivity contribution < 1.29 is 14.7 Å². The fourth-order valence-corrected chi connectivity index (χ4v) is 1.86. The number of carboxylic acid groups (broad SMARTS) is 1. The summed E-state index contributed by atoms with van der Waals surface area (Å²) in [6.45, 7) is 0.349. The van der Waals surface area contributed by atoms with E-state index in [1.165, 1.54) is 16.7 Å². The number of aromatic nitrogens is 1. The first-order valence-corrected chi connectivity index (χ1v) is 5.21. The highest BCUT2D eigenvalue weighted by Gasteiger charge is 2.11. The van der Waals surface area contributed by atoms with Gasteiger partial charge in [0, 0.05) is 5.38 Å². The molecule has 82 valence electrons. The Balaban J connectivity index is 2.57. The summed E-state index contributed by atoms with van der Waals surface area (Å²) in [5, 5.41) is 10.6. The first kappa shape index (κ1) is 11.8. The van der Waals surface area contributed by atoms with Crippen LogP contribution in [-0.2, 0) is 11.2 Å². The minimum absolute atomic E-state index is 0.00709. The maximum absolute atomic E-state index is 11.4. The van der Waals surface area contributed by atoms with Gasteiger partial charge in [-0.15, -0.1) is 11.3 Å². The molecule has 0 unspecified atom stereocenters. The van der Waals surface area contributed by atoms with Crippen LogP contribution in [0.1, 0.15) is 15.5 Å². The summed E-state index contributed by atoms with van der Waals surface area (Å²) in [6, 6.07) is 0. The fraction of sp³-hybridized carbons (Fsp3) is 0.444. The molecule has 0 aliphatic carbocycles. The molecule has 0 radical (unpaired) electrons. The summed E-state index contributed by atoms with van der Waals surface area (Å²) in [6.07, 6.45) is 0.204. The quantitative estimate of drug-likeness (QED) is 0.795. The van der Waals surface area contributed by atoms with E-state index in [1.807, 2.05) is 14.1 Å². The highest BCUT2D eigenvalue weighted by atomic mass is 32.1. The van der Waals surface area contributed by atoms with E-state index >= 15 is 0 Å². The van der Waals surface area contributed by atoms with Crippen LogP contribution in [0.2, 0.25) is 0 Å². The molecular formula is C9H12N2O3S. The molecule has 15 heavy (non-hydrogen) atoms. The van der Waals surface area contributed by atoms with Crippen molar-refractivity contribution in [3.8, 4) is 0 Å². The van der Waals surface area contributed by atoms with Gasteiger partial charge in [-0.2, -0.15) is 0 Å². The van der Waals surface area contributed by atoms with Crippen LogP contribution in [0, 0.1) is 0 Å². The average Bonchev–Trinajstić information content (AvgIpc) is 2.50. The Hall–Kier alpha value is -1.27. The van der Waals surface area contributed by atoms with Crippen LogP contribution < -0.4 is 0 Å². The summed E-state index contributed by atoms with van der Waals surface area (Å²) < 4.78 is 0. The van der Waals surface area contributed by atoms with E-state index in [9.17, 15) is 9.59 Å². The van der Waals surface area contributed by atoms with Crippen molar-refractivity contribution in [3.63, 3.8) is 0 Å². The number of nitrogens with zero attached hydrogens (tertiary/aromatic N) is 2. The lowest BCUT2D eigenvalue weighted by atomic mass is 10.3. The highest BCUT2D eigenvalue weighted by Crippen LogP contribution is 2.10. The Bertz CT molecular complexity index is 373. The zero-order chi connectivity index (χ0) is 11.4. The molecule has 0 aliphatic heterocycles. The summed E-state index contributed by atoms with van der Waals surface area (Å²) in [5.41, 5.74) is 0.00709. The van der Waals surface area contributed by atoms with Gasteiger partial charge >= 0.3 is 5.97 Å². The second-order valence-electron chi connectivity index (χ2n) is 3.38. The zero-order valence-corrected chi connectivity index (χ0v) is 9.37. The van der Waals surface area contributed by atoms with Crippen LogP contribution in [0.25, 0.3) is 0 Å². The van der Waals surface area contributed by atoms with Gasteiger partial charge < -0.3 is 10.0 Å². The van der Waals surface area contributed by atoms with E-state index < -0.39 is 5.97 Å². The first-order chi connectivity index (χ1) is 6.99. The summed E-state index contributed by atoms with van der Waals surface area (Å²) >= 11 is 1.20. The number of thiazole rings is 1. The molecule has 5 nitrogen and oxygen atoms in total. The maximum Gasteiger partial charge on any atom is 0.355 e. The Kier molecular flexibility index (Phi) is 3.93. The number of hydrogen-bond acceptors (Lipinski definition) is 5. The molecule has 0 aliphatic rings. The Morgan fingerprint density at radius 3 is 2.67 bits per heavy atom. The number of hydrogen-bond donors (Lipinski definition) is 1. The number of Topliss-reactive ketones (excluding diaryl/α,β-unsaturated/α-hetero) is 1.